The Morgan fingerprint density at radius 3 is 0.866 bits per heavy atom. The lowest BCUT2D eigenvalue weighted by molar-refractivity contribution is -0.161. The van der Waals surface area contributed by atoms with Gasteiger partial charge in [-0.2, -0.15) is 0 Å². The van der Waals surface area contributed by atoms with E-state index in [4.69, 9.17) is 37.0 Å². The monoisotopic (exact) mass is 1210 g/mol. The summed E-state index contributed by atoms with van der Waals surface area (Å²) in [5.74, 6) is 0.753. The molecule has 0 aliphatic heterocycles. The van der Waals surface area contributed by atoms with Gasteiger partial charge in [-0.3, -0.25) is 37.3 Å². The molecule has 3 N–H and O–H groups in total. The molecule has 0 aromatic carbocycles. The van der Waals surface area contributed by atoms with Gasteiger partial charge in [0.15, 0.2) is 12.2 Å². The maximum Gasteiger partial charge on any atom is 0.472 e. The zero-order valence-corrected chi connectivity index (χ0v) is 54.9. The van der Waals surface area contributed by atoms with E-state index in [9.17, 15) is 43.2 Å². The van der Waals surface area contributed by atoms with E-state index < -0.39 is 97.5 Å². The molecule has 0 rings (SSSR count). The van der Waals surface area contributed by atoms with Crippen LogP contribution in [0, 0.1) is 23.7 Å². The number of carbonyl (C=O) groups is 4. The number of ether oxygens (including phenoxy) is 4. The lowest BCUT2D eigenvalue weighted by Crippen LogP contribution is -2.30. The van der Waals surface area contributed by atoms with Crippen molar-refractivity contribution in [1.82, 2.24) is 0 Å². The summed E-state index contributed by atoms with van der Waals surface area (Å²) in [6.07, 6.45) is 32.3. The van der Waals surface area contributed by atoms with Crippen LogP contribution in [0.2, 0.25) is 0 Å². The van der Waals surface area contributed by atoms with E-state index in [1.165, 1.54) is 96.3 Å². The molecule has 82 heavy (non-hydrogen) atoms. The predicted octanol–water partition coefficient (Wildman–Crippen LogP) is 17.0. The number of aliphatic hydroxyl groups is 1. The Balaban J connectivity index is 5.26. The van der Waals surface area contributed by atoms with Gasteiger partial charge < -0.3 is 33.8 Å². The van der Waals surface area contributed by atoms with Crippen molar-refractivity contribution in [1.29, 1.82) is 0 Å². The van der Waals surface area contributed by atoms with Crippen molar-refractivity contribution in [3.8, 4) is 0 Å². The van der Waals surface area contributed by atoms with Crippen LogP contribution in [0.3, 0.4) is 0 Å². The first kappa shape index (κ1) is 80.1. The van der Waals surface area contributed by atoms with Crippen LogP contribution < -0.4 is 0 Å². The first-order chi connectivity index (χ1) is 39.2. The van der Waals surface area contributed by atoms with Gasteiger partial charge in [0.1, 0.15) is 19.3 Å². The zero-order chi connectivity index (χ0) is 61.1. The van der Waals surface area contributed by atoms with E-state index in [1.54, 1.807) is 0 Å². The Bertz CT molecular complexity index is 1650. The molecule has 0 aromatic rings. The van der Waals surface area contributed by atoms with E-state index >= 15 is 0 Å². The van der Waals surface area contributed by atoms with Crippen LogP contribution in [0.5, 0.6) is 0 Å². The minimum atomic E-state index is -4.94. The first-order valence-electron chi connectivity index (χ1n) is 32.8. The minimum absolute atomic E-state index is 0.101. The van der Waals surface area contributed by atoms with Crippen LogP contribution >= 0.6 is 15.6 Å². The second kappa shape index (κ2) is 53.3. The van der Waals surface area contributed by atoms with E-state index in [0.717, 1.165) is 108 Å². The normalized spacial score (nSPS) is 15.1. The average Bonchev–Trinajstić information content (AvgIpc) is 3.43. The third-order valence-electron chi connectivity index (χ3n) is 15.0. The fourth-order valence-corrected chi connectivity index (χ4v) is 10.8. The highest BCUT2D eigenvalue weighted by Gasteiger charge is 2.30. The van der Waals surface area contributed by atoms with E-state index in [0.29, 0.717) is 37.5 Å². The van der Waals surface area contributed by atoms with Crippen LogP contribution in [-0.4, -0.2) is 96.7 Å². The summed E-state index contributed by atoms with van der Waals surface area (Å²) >= 11 is 0. The number of unbranched alkanes of at least 4 members (excludes halogenated alkanes) is 24. The Morgan fingerprint density at radius 1 is 0.341 bits per heavy atom. The molecule has 0 aromatic heterocycles. The molecule has 0 bridgehead atoms. The highest BCUT2D eigenvalue weighted by atomic mass is 31.2. The van der Waals surface area contributed by atoms with Crippen LogP contribution in [0.15, 0.2) is 0 Å². The van der Waals surface area contributed by atoms with Gasteiger partial charge in [0.2, 0.25) is 0 Å². The van der Waals surface area contributed by atoms with Gasteiger partial charge in [-0.05, 0) is 49.4 Å². The number of hydrogen-bond donors (Lipinski definition) is 3. The van der Waals surface area contributed by atoms with Crippen molar-refractivity contribution in [3.63, 3.8) is 0 Å². The summed E-state index contributed by atoms with van der Waals surface area (Å²) in [5, 5.41) is 10.5. The number of rotatable bonds is 60. The molecule has 0 radical (unpaired) electrons. The fraction of sp³-hybridized carbons (Fsp3) is 0.937. The van der Waals surface area contributed by atoms with Crippen molar-refractivity contribution in [3.05, 3.63) is 0 Å². The van der Waals surface area contributed by atoms with Crippen molar-refractivity contribution in [2.75, 3.05) is 39.6 Å². The third-order valence-corrected chi connectivity index (χ3v) is 16.9. The number of carbonyl (C=O) groups excluding carboxylic acids is 4. The van der Waals surface area contributed by atoms with Gasteiger partial charge in [-0.25, -0.2) is 9.13 Å². The summed E-state index contributed by atoms with van der Waals surface area (Å²) in [4.78, 5) is 72.1. The van der Waals surface area contributed by atoms with Crippen molar-refractivity contribution >= 4 is 39.5 Å². The molecule has 486 valence electrons. The molecule has 0 heterocycles. The average molecular weight is 1210 g/mol. The summed E-state index contributed by atoms with van der Waals surface area (Å²) < 4.78 is 67.9. The van der Waals surface area contributed by atoms with Gasteiger partial charge in [-0.15, -0.1) is 0 Å². The Kier molecular flexibility index (Phi) is 52.0. The minimum Gasteiger partial charge on any atom is -0.462 e. The molecule has 17 nitrogen and oxygen atoms in total. The molecular weight excluding hydrogens is 1090 g/mol. The lowest BCUT2D eigenvalue weighted by atomic mass is 9.99. The number of phosphoric acid groups is 2. The molecule has 0 fully saturated rings. The van der Waals surface area contributed by atoms with E-state index in [1.807, 2.05) is 0 Å². The maximum absolute atomic E-state index is 13.0. The van der Waals surface area contributed by atoms with Gasteiger partial charge in [0, 0.05) is 25.7 Å². The van der Waals surface area contributed by atoms with Crippen molar-refractivity contribution < 1.29 is 80.2 Å². The number of hydrogen-bond acceptors (Lipinski definition) is 15. The van der Waals surface area contributed by atoms with Crippen LogP contribution in [-0.2, 0) is 65.4 Å². The van der Waals surface area contributed by atoms with Crippen molar-refractivity contribution in [2.24, 2.45) is 23.7 Å². The van der Waals surface area contributed by atoms with Crippen molar-refractivity contribution in [2.45, 2.75) is 318 Å². The maximum atomic E-state index is 13.0. The van der Waals surface area contributed by atoms with Gasteiger partial charge in [0.05, 0.1) is 26.4 Å². The molecular formula is C63H122O17P2. The number of esters is 4. The van der Waals surface area contributed by atoms with Crippen LogP contribution in [0.1, 0.15) is 299 Å². The van der Waals surface area contributed by atoms with Gasteiger partial charge in [-0.1, -0.05) is 248 Å². The molecule has 7 atom stereocenters. The molecule has 0 amide bonds. The smallest absolute Gasteiger partial charge is 0.462 e. The Labute approximate surface area is 498 Å². The first-order valence-corrected chi connectivity index (χ1v) is 35.8. The van der Waals surface area contributed by atoms with E-state index in [-0.39, 0.29) is 25.7 Å². The molecule has 0 saturated carbocycles. The Hall–Kier alpha value is -1.94. The summed E-state index contributed by atoms with van der Waals surface area (Å²) in [5.41, 5.74) is 0. The third kappa shape index (κ3) is 54.7. The summed E-state index contributed by atoms with van der Waals surface area (Å²) in [6.45, 7) is 13.9. The standard InChI is InChI=1S/C63H122O17P2/c1-9-55(7)41-33-25-17-11-12-18-27-35-43-60(65)73-49-58(79-62(67)45-37-29-20-14-16-24-32-40-54(5)6)51-77-81(69,70)75-47-57(64)48-76-82(71,72)78-52-59(80-63(68)46-38-30-22-21-26-34-42-56(8)10-2)50-74-61(66)44-36-28-19-13-15-23-31-39-53(3)4/h53-59,64H,9-52H2,1-8H3,(H,69,70)(H,71,72)/t55?,56?,57?,58-,59-/m1/s1. The quantitative estimate of drug-likeness (QED) is 0.0222. The topological polar surface area (TPSA) is 237 Å². The fourth-order valence-electron chi connectivity index (χ4n) is 9.19. The molecule has 0 aliphatic carbocycles. The second-order valence-corrected chi connectivity index (χ2v) is 27.1. The Morgan fingerprint density at radius 2 is 0.585 bits per heavy atom. The largest absolute Gasteiger partial charge is 0.472 e. The zero-order valence-electron chi connectivity index (χ0n) is 53.1. The predicted molar refractivity (Wildman–Crippen MR) is 326 cm³/mol. The summed E-state index contributed by atoms with van der Waals surface area (Å²) in [7, 11) is -9.89. The molecule has 0 spiro atoms. The SMILES string of the molecule is CCC(C)CCCCCCCCCCC(=O)OC[C@H](COP(=O)(O)OCC(O)COP(=O)(O)OC[C@@H](COC(=O)CCCCCCCCCC(C)C)OC(=O)CCCCCCCCC(C)CC)OC(=O)CCCCCCCCCC(C)C. The lowest BCUT2D eigenvalue weighted by Gasteiger charge is -2.21. The van der Waals surface area contributed by atoms with Gasteiger partial charge >= 0.3 is 39.5 Å². The van der Waals surface area contributed by atoms with Gasteiger partial charge in [0.25, 0.3) is 0 Å². The van der Waals surface area contributed by atoms with Crippen LogP contribution in [0.4, 0.5) is 0 Å². The second-order valence-electron chi connectivity index (χ2n) is 24.2. The highest BCUT2D eigenvalue weighted by Crippen LogP contribution is 2.45. The number of aliphatic hydroxyl groups excluding tert-OH is 1. The molecule has 0 saturated heterocycles. The highest BCUT2D eigenvalue weighted by molar-refractivity contribution is 7.47. The molecule has 19 heteroatoms. The number of phosphoric ester groups is 2. The molecule has 5 unspecified atom stereocenters. The summed E-state index contributed by atoms with van der Waals surface area (Å²) in [6, 6.07) is 0. The van der Waals surface area contributed by atoms with E-state index in [2.05, 4.69) is 55.4 Å². The van der Waals surface area contributed by atoms with Crippen LogP contribution in [0.25, 0.3) is 0 Å². The molecule has 0 aliphatic rings.